The van der Waals surface area contributed by atoms with E-state index in [1.807, 2.05) is 0 Å². The van der Waals surface area contributed by atoms with Gasteiger partial charge in [-0.3, -0.25) is 24.0 Å². The Kier molecular flexibility index (Phi) is 7.73. The fraction of sp³-hybridized carbons (Fsp3) is 0.306. The minimum Gasteiger partial charge on any atom is -0.508 e. The van der Waals surface area contributed by atoms with E-state index < -0.39 is 68.8 Å². The summed E-state index contributed by atoms with van der Waals surface area (Å²) in [5.41, 5.74) is 1.87. The quantitative estimate of drug-likeness (QED) is 0.136. The minimum absolute atomic E-state index is 0.0508. The van der Waals surface area contributed by atoms with Gasteiger partial charge in [0, 0.05) is 59.2 Å². The summed E-state index contributed by atoms with van der Waals surface area (Å²) in [5.74, 6) is -3.81. The lowest BCUT2D eigenvalue weighted by atomic mass is 9.86. The van der Waals surface area contributed by atoms with E-state index in [4.69, 9.17) is 19.9 Å². The van der Waals surface area contributed by atoms with Crippen LogP contribution >= 0.6 is 0 Å². The zero-order valence-electron chi connectivity index (χ0n) is 28.5. The van der Waals surface area contributed by atoms with Crippen molar-refractivity contribution in [2.75, 3.05) is 34.9 Å². The van der Waals surface area contributed by atoms with Crippen LogP contribution < -0.4 is 41.7 Å². The molecule has 16 heteroatoms. The Hall–Kier alpha value is -6.45. The number of hydrogen-bond donors (Lipinski definition) is 4. The smallest absolute Gasteiger partial charge is 0.326 e. The molecule has 5 aromatic rings. The molecule has 268 valence electrons. The number of phenolic OH excluding ortho intramolecular Hbond substituents is 2. The Morgan fingerprint density at radius 1 is 0.846 bits per heavy atom. The van der Waals surface area contributed by atoms with E-state index >= 15 is 0 Å². The molecular formula is C36H32N4O12. The number of nitrogens with zero attached hydrogens (tertiary/aromatic N) is 3. The lowest BCUT2D eigenvalue weighted by Crippen LogP contribution is -2.56. The van der Waals surface area contributed by atoms with Gasteiger partial charge in [-0.2, -0.15) is 0 Å². The lowest BCUT2D eigenvalue weighted by molar-refractivity contribution is -0.143. The van der Waals surface area contributed by atoms with Gasteiger partial charge in [0.25, 0.3) is 5.91 Å². The van der Waals surface area contributed by atoms with Crippen molar-refractivity contribution in [3.8, 4) is 28.7 Å². The Balaban J connectivity index is 1.60. The normalized spacial score (nSPS) is 17.9. The number of phenols is 2. The molecule has 0 radical (unpaired) electrons. The molecule has 0 bridgehead atoms. The van der Waals surface area contributed by atoms with Gasteiger partial charge < -0.3 is 45.1 Å². The fourth-order valence-corrected chi connectivity index (χ4v) is 7.88. The van der Waals surface area contributed by atoms with Gasteiger partial charge in [0.05, 0.1) is 54.5 Å². The SMILES string of the molecule is COc1c(OC)c2c(=O)c3c(c(=O)c2c2cc4c(=O)c5cc(O)cc(O)c5c(=O)c4c(OC)c12)C(=O)N(C(CC1CN(C)C(N)=N1)C(=O)O)C(C)C3. The van der Waals surface area contributed by atoms with Gasteiger partial charge in [0.2, 0.25) is 10.9 Å². The summed E-state index contributed by atoms with van der Waals surface area (Å²) in [7, 11) is 5.39. The highest BCUT2D eigenvalue weighted by Crippen LogP contribution is 2.48. The first-order chi connectivity index (χ1) is 24.7. The van der Waals surface area contributed by atoms with Crippen LogP contribution in [0.2, 0.25) is 0 Å². The van der Waals surface area contributed by atoms with Crippen molar-refractivity contribution in [2.45, 2.75) is 37.9 Å². The van der Waals surface area contributed by atoms with Crippen molar-refractivity contribution in [1.29, 1.82) is 0 Å². The Morgan fingerprint density at radius 2 is 1.48 bits per heavy atom. The number of carboxylic acids is 1. The third-order valence-corrected chi connectivity index (χ3v) is 10.1. The van der Waals surface area contributed by atoms with E-state index in [9.17, 15) is 44.1 Å². The number of benzene rings is 5. The maximum atomic E-state index is 14.8. The molecule has 3 unspecified atom stereocenters. The number of hydrogen-bond acceptors (Lipinski definition) is 14. The van der Waals surface area contributed by atoms with E-state index in [1.54, 1.807) is 18.9 Å². The number of amides is 1. The molecule has 52 heavy (non-hydrogen) atoms. The monoisotopic (exact) mass is 712 g/mol. The molecule has 5 N–H and O–H groups in total. The van der Waals surface area contributed by atoms with Gasteiger partial charge in [-0.05, 0) is 25.5 Å². The van der Waals surface area contributed by atoms with Crippen LogP contribution in [-0.4, -0.2) is 96.0 Å². The number of fused-ring (bicyclic) bond motifs is 6. The van der Waals surface area contributed by atoms with Crippen molar-refractivity contribution < 1.29 is 39.1 Å². The molecule has 1 amide bonds. The Bertz CT molecular complexity index is 2700. The maximum Gasteiger partial charge on any atom is 0.326 e. The first kappa shape index (κ1) is 34.0. The van der Waals surface area contributed by atoms with Crippen molar-refractivity contribution in [1.82, 2.24) is 9.80 Å². The molecule has 0 aliphatic carbocycles. The number of nitrogens with two attached hydrogens (primary N) is 1. The van der Waals surface area contributed by atoms with Crippen molar-refractivity contribution in [3.05, 3.63) is 70.2 Å². The number of carbonyl (C=O) groups is 2. The van der Waals surface area contributed by atoms with Gasteiger partial charge in [0.1, 0.15) is 23.3 Å². The van der Waals surface area contributed by atoms with Gasteiger partial charge in [-0.1, -0.05) is 0 Å². The number of ether oxygens (including phenoxy) is 3. The van der Waals surface area contributed by atoms with E-state index in [-0.39, 0.29) is 84.7 Å². The molecule has 7 rings (SSSR count). The van der Waals surface area contributed by atoms with E-state index in [0.717, 1.165) is 17.0 Å². The van der Waals surface area contributed by atoms with Crippen LogP contribution in [0.1, 0.15) is 29.3 Å². The Morgan fingerprint density at radius 3 is 2.08 bits per heavy atom. The number of carbonyl (C=O) groups excluding carboxylic acids is 1. The molecule has 16 nitrogen and oxygen atoms in total. The molecule has 0 fully saturated rings. The largest absolute Gasteiger partial charge is 0.508 e. The molecule has 3 atom stereocenters. The molecule has 0 aromatic heterocycles. The zero-order chi connectivity index (χ0) is 37.7. The highest BCUT2D eigenvalue weighted by atomic mass is 16.5. The first-order valence-electron chi connectivity index (χ1n) is 16.1. The van der Waals surface area contributed by atoms with E-state index in [1.165, 1.54) is 27.4 Å². The molecule has 2 aliphatic heterocycles. The highest BCUT2D eigenvalue weighted by molar-refractivity contribution is 6.23. The summed E-state index contributed by atoms with van der Waals surface area (Å²) in [4.78, 5) is 91.2. The summed E-state index contributed by atoms with van der Waals surface area (Å²) in [6.07, 6.45) is -0.281. The van der Waals surface area contributed by atoms with Crippen LogP contribution in [0.15, 0.2) is 42.4 Å². The second kappa shape index (κ2) is 11.8. The number of carboxylic acid groups (broad SMARTS) is 1. The summed E-state index contributed by atoms with van der Waals surface area (Å²) in [6.45, 7) is 1.89. The second-order valence-corrected chi connectivity index (χ2v) is 13.0. The van der Waals surface area contributed by atoms with Gasteiger partial charge in [0.15, 0.2) is 28.3 Å². The molecule has 0 spiro atoms. The summed E-state index contributed by atoms with van der Waals surface area (Å²) in [5, 5.41) is 29.0. The van der Waals surface area contributed by atoms with Crippen LogP contribution in [0.3, 0.4) is 0 Å². The zero-order valence-corrected chi connectivity index (χ0v) is 28.5. The summed E-state index contributed by atoms with van der Waals surface area (Å²) < 4.78 is 17.1. The summed E-state index contributed by atoms with van der Waals surface area (Å²) in [6, 6.07) is 0.306. The van der Waals surface area contributed by atoms with Crippen molar-refractivity contribution in [3.63, 3.8) is 0 Å². The molecule has 0 saturated heterocycles. The van der Waals surface area contributed by atoms with Crippen LogP contribution in [0, 0.1) is 0 Å². The number of aromatic hydroxyl groups is 2. The minimum atomic E-state index is -1.43. The van der Waals surface area contributed by atoms with E-state index in [2.05, 4.69) is 4.99 Å². The molecule has 0 saturated carbocycles. The number of likely N-dealkylation sites (N-methyl/N-ethyl adjacent to an activating group) is 1. The van der Waals surface area contributed by atoms with Crippen LogP contribution in [-0.2, 0) is 11.2 Å². The number of guanidine groups is 1. The average Bonchev–Trinajstić information content (AvgIpc) is 3.41. The number of aliphatic carboxylic acids is 1. The van der Waals surface area contributed by atoms with Crippen LogP contribution in [0.4, 0.5) is 0 Å². The van der Waals surface area contributed by atoms with Crippen molar-refractivity contribution in [2.24, 2.45) is 10.7 Å². The lowest BCUT2D eigenvalue weighted by Gasteiger charge is -2.38. The van der Waals surface area contributed by atoms with E-state index in [0.29, 0.717) is 6.54 Å². The van der Waals surface area contributed by atoms with Crippen molar-refractivity contribution >= 4 is 60.9 Å². The highest BCUT2D eigenvalue weighted by Gasteiger charge is 2.43. The average molecular weight is 713 g/mol. The Labute approximate surface area is 292 Å². The molecule has 2 heterocycles. The predicted octanol–water partition coefficient (Wildman–Crippen LogP) is 0.912. The van der Waals surface area contributed by atoms with Crippen LogP contribution in [0.5, 0.6) is 28.7 Å². The number of aliphatic imine (C=N–C) groups is 1. The first-order valence-corrected chi connectivity index (χ1v) is 16.1. The predicted molar refractivity (Wildman–Crippen MR) is 190 cm³/mol. The molecule has 2 aliphatic rings. The maximum absolute atomic E-state index is 14.8. The fourth-order valence-electron chi connectivity index (χ4n) is 7.88. The number of rotatable bonds is 7. The van der Waals surface area contributed by atoms with Gasteiger partial charge in [-0.25, -0.2) is 9.79 Å². The van der Waals surface area contributed by atoms with Gasteiger partial charge in [-0.15, -0.1) is 0 Å². The second-order valence-electron chi connectivity index (χ2n) is 13.0. The molecule has 5 aromatic carbocycles. The molecular weight excluding hydrogens is 680 g/mol. The van der Waals surface area contributed by atoms with Crippen LogP contribution in [0.25, 0.3) is 43.1 Å². The standard InChI is InChI=1S/C36H32N4O12/c1-12-6-16-24(34(47)40(12)19(35(48)49)7-13-11-39(2)36(37)38-13)30(46)22-15-10-18-23(29(45)21-17(27(18)43)8-14(41)9-20(21)42)31(50-3)25(15)32(51-4)33(52-5)26(22)28(16)44/h8-10,12-13,19,41-42H,6-7,11H2,1-5H3,(H2,37,38)(H,48,49). The third kappa shape index (κ3) is 4.56. The number of methoxy groups -OCH3 is 3. The third-order valence-electron chi connectivity index (χ3n) is 10.1. The van der Waals surface area contributed by atoms with Gasteiger partial charge >= 0.3 is 5.97 Å². The topological polar surface area (TPSA) is 236 Å². The summed E-state index contributed by atoms with van der Waals surface area (Å²) >= 11 is 0.